The van der Waals surface area contributed by atoms with E-state index in [0.717, 1.165) is 14.3 Å². The maximum Gasteiger partial charge on any atom is 0.243 e. The summed E-state index contributed by atoms with van der Waals surface area (Å²) in [6.07, 6.45) is 0. The van der Waals surface area contributed by atoms with E-state index in [2.05, 4.69) is 26.1 Å². The van der Waals surface area contributed by atoms with Gasteiger partial charge in [0.15, 0.2) is 0 Å². The quantitative estimate of drug-likeness (QED) is 0.597. The van der Waals surface area contributed by atoms with E-state index in [1.807, 2.05) is 0 Å². The van der Waals surface area contributed by atoms with E-state index in [4.69, 9.17) is 16.1 Å². The molecule has 3 rings (SSSR count). The molecule has 0 radical (unpaired) electrons. The first kappa shape index (κ1) is 18.1. The number of halogens is 2. The maximum absolute atomic E-state index is 12.6. The number of nitrogens with zero attached hydrogens (tertiary/aromatic N) is 3. The fourth-order valence-corrected chi connectivity index (χ4v) is 3.61. The summed E-state index contributed by atoms with van der Waals surface area (Å²) in [5, 5.41) is 4.48. The highest BCUT2D eigenvalue weighted by molar-refractivity contribution is 9.10. The normalized spacial score (nSPS) is 11.8. The Balaban J connectivity index is 1.78. The third-order valence-electron chi connectivity index (χ3n) is 3.45. The van der Waals surface area contributed by atoms with Gasteiger partial charge in [-0.25, -0.2) is 8.42 Å². The average Bonchev–Trinajstić information content (AvgIpc) is 3.04. The minimum absolute atomic E-state index is 0.0288. The van der Waals surface area contributed by atoms with Gasteiger partial charge in [-0.1, -0.05) is 32.7 Å². The van der Waals surface area contributed by atoms with Crippen LogP contribution >= 0.6 is 27.5 Å². The summed E-state index contributed by atoms with van der Waals surface area (Å²) in [6, 6.07) is 13.4. The topological polar surface area (TPSA) is 76.3 Å². The van der Waals surface area contributed by atoms with Crippen LogP contribution in [0.1, 0.15) is 5.89 Å². The van der Waals surface area contributed by atoms with Crippen LogP contribution in [-0.2, 0) is 16.6 Å². The van der Waals surface area contributed by atoms with Gasteiger partial charge in [0.1, 0.15) is 0 Å². The van der Waals surface area contributed by atoms with E-state index in [1.165, 1.54) is 19.2 Å². The molecule has 0 saturated carbocycles. The van der Waals surface area contributed by atoms with Crippen LogP contribution < -0.4 is 0 Å². The second kappa shape index (κ2) is 7.25. The van der Waals surface area contributed by atoms with Crippen molar-refractivity contribution >= 4 is 37.6 Å². The Hall–Kier alpha value is -1.74. The molecule has 0 aliphatic heterocycles. The van der Waals surface area contributed by atoms with Gasteiger partial charge in [-0.05, 0) is 48.5 Å². The molecule has 0 fully saturated rings. The largest absolute Gasteiger partial charge is 0.338 e. The fraction of sp³-hybridized carbons (Fsp3) is 0.125. The first-order valence-corrected chi connectivity index (χ1v) is 9.78. The van der Waals surface area contributed by atoms with Crippen LogP contribution in [0.15, 0.2) is 62.4 Å². The molecule has 0 amide bonds. The van der Waals surface area contributed by atoms with Crippen LogP contribution in [0.25, 0.3) is 11.4 Å². The van der Waals surface area contributed by atoms with Gasteiger partial charge < -0.3 is 4.52 Å². The van der Waals surface area contributed by atoms with Gasteiger partial charge in [0.2, 0.25) is 21.7 Å². The van der Waals surface area contributed by atoms with Crippen LogP contribution in [0.2, 0.25) is 5.02 Å². The number of hydrogen-bond acceptors (Lipinski definition) is 5. The Labute approximate surface area is 158 Å². The number of aromatic nitrogens is 2. The molecule has 130 valence electrons. The third-order valence-corrected chi connectivity index (χ3v) is 6.05. The second-order valence-electron chi connectivity index (χ2n) is 5.23. The van der Waals surface area contributed by atoms with Gasteiger partial charge >= 0.3 is 0 Å². The van der Waals surface area contributed by atoms with Crippen molar-refractivity contribution in [2.45, 2.75) is 11.4 Å². The highest BCUT2D eigenvalue weighted by Gasteiger charge is 2.23. The second-order valence-corrected chi connectivity index (χ2v) is 8.63. The van der Waals surface area contributed by atoms with Crippen molar-refractivity contribution in [2.75, 3.05) is 7.05 Å². The van der Waals surface area contributed by atoms with E-state index in [-0.39, 0.29) is 17.3 Å². The summed E-state index contributed by atoms with van der Waals surface area (Å²) in [7, 11) is -2.19. The SMILES string of the molecule is CN(Cc1nc(-c2ccc(Cl)cc2)no1)S(=O)(=O)c1ccc(Br)cc1. The molecular formula is C16H13BrClN3O3S. The van der Waals surface area contributed by atoms with Crippen molar-refractivity contribution in [1.82, 2.24) is 14.4 Å². The van der Waals surface area contributed by atoms with Gasteiger partial charge in [0.25, 0.3) is 0 Å². The van der Waals surface area contributed by atoms with Crippen LogP contribution in [0.5, 0.6) is 0 Å². The molecule has 25 heavy (non-hydrogen) atoms. The highest BCUT2D eigenvalue weighted by atomic mass is 79.9. The minimum Gasteiger partial charge on any atom is -0.338 e. The Kier molecular flexibility index (Phi) is 5.24. The maximum atomic E-state index is 12.6. The molecule has 0 atom stereocenters. The lowest BCUT2D eigenvalue weighted by atomic mass is 10.2. The summed E-state index contributed by atoms with van der Waals surface area (Å²) < 4.78 is 32.3. The summed E-state index contributed by atoms with van der Waals surface area (Å²) in [4.78, 5) is 4.43. The van der Waals surface area contributed by atoms with Gasteiger partial charge in [-0.3, -0.25) is 0 Å². The molecule has 0 unspecified atom stereocenters. The zero-order chi connectivity index (χ0) is 18.0. The molecule has 0 N–H and O–H groups in total. The van der Waals surface area contributed by atoms with Gasteiger partial charge in [0, 0.05) is 22.1 Å². The molecule has 0 spiro atoms. The predicted molar refractivity (Wildman–Crippen MR) is 97.5 cm³/mol. The molecule has 0 aliphatic carbocycles. The van der Waals surface area contributed by atoms with Crippen LogP contribution in [0.3, 0.4) is 0 Å². The summed E-state index contributed by atoms with van der Waals surface area (Å²) in [6.45, 7) is -0.0288. The lowest BCUT2D eigenvalue weighted by Gasteiger charge is -2.15. The van der Waals surface area contributed by atoms with Crippen molar-refractivity contribution < 1.29 is 12.9 Å². The molecule has 6 nitrogen and oxygen atoms in total. The van der Waals surface area contributed by atoms with Gasteiger partial charge in [-0.15, -0.1) is 0 Å². The van der Waals surface area contributed by atoms with Crippen LogP contribution in [-0.4, -0.2) is 29.9 Å². The lowest BCUT2D eigenvalue weighted by molar-refractivity contribution is 0.337. The highest BCUT2D eigenvalue weighted by Crippen LogP contribution is 2.21. The zero-order valence-electron chi connectivity index (χ0n) is 13.1. The lowest BCUT2D eigenvalue weighted by Crippen LogP contribution is -2.26. The van der Waals surface area contributed by atoms with Crippen LogP contribution in [0.4, 0.5) is 0 Å². The number of sulfonamides is 1. The van der Waals surface area contributed by atoms with E-state index in [1.54, 1.807) is 36.4 Å². The number of hydrogen-bond donors (Lipinski definition) is 0. The van der Waals surface area contributed by atoms with E-state index in [0.29, 0.717) is 10.8 Å². The molecule has 0 aliphatic rings. The Morgan fingerprint density at radius 2 is 1.76 bits per heavy atom. The first-order valence-electron chi connectivity index (χ1n) is 7.17. The smallest absolute Gasteiger partial charge is 0.243 e. The van der Waals surface area contributed by atoms with Gasteiger partial charge in [0.05, 0.1) is 11.4 Å². The zero-order valence-corrected chi connectivity index (χ0v) is 16.2. The first-order chi connectivity index (χ1) is 11.9. The standard InChI is InChI=1S/C16H13BrClN3O3S/c1-21(25(22,23)14-8-4-12(17)5-9-14)10-15-19-16(20-24-15)11-2-6-13(18)7-3-11/h2-9H,10H2,1H3. The van der Waals surface area contributed by atoms with Gasteiger partial charge in [-0.2, -0.15) is 9.29 Å². The van der Waals surface area contributed by atoms with Crippen molar-refractivity contribution in [1.29, 1.82) is 0 Å². The van der Waals surface area contributed by atoms with Crippen molar-refractivity contribution in [3.8, 4) is 11.4 Å². The predicted octanol–water partition coefficient (Wildman–Crippen LogP) is 3.97. The average molecular weight is 443 g/mol. The Morgan fingerprint density at radius 3 is 2.40 bits per heavy atom. The summed E-state index contributed by atoms with van der Waals surface area (Å²) >= 11 is 9.13. The van der Waals surface area contributed by atoms with Crippen LogP contribution in [0, 0.1) is 0 Å². The molecular weight excluding hydrogens is 430 g/mol. The molecule has 9 heteroatoms. The van der Waals surface area contributed by atoms with E-state index < -0.39 is 10.0 Å². The van der Waals surface area contributed by atoms with E-state index in [9.17, 15) is 8.42 Å². The number of benzene rings is 2. The van der Waals surface area contributed by atoms with Crippen molar-refractivity contribution in [3.63, 3.8) is 0 Å². The summed E-state index contributed by atoms with van der Waals surface area (Å²) in [5.74, 6) is 0.578. The number of rotatable bonds is 5. The van der Waals surface area contributed by atoms with Crippen molar-refractivity contribution in [2.24, 2.45) is 0 Å². The van der Waals surface area contributed by atoms with E-state index >= 15 is 0 Å². The molecule has 1 aromatic heterocycles. The van der Waals surface area contributed by atoms with Crippen molar-refractivity contribution in [3.05, 3.63) is 63.9 Å². The molecule has 3 aromatic rings. The Morgan fingerprint density at radius 1 is 1.12 bits per heavy atom. The molecule has 0 bridgehead atoms. The molecule has 2 aromatic carbocycles. The Bertz CT molecular complexity index is 973. The monoisotopic (exact) mass is 441 g/mol. The fourth-order valence-electron chi connectivity index (χ4n) is 2.10. The molecule has 1 heterocycles. The minimum atomic E-state index is -3.65. The third kappa shape index (κ3) is 4.09. The summed E-state index contributed by atoms with van der Waals surface area (Å²) in [5.41, 5.74) is 0.734. The molecule has 0 saturated heterocycles.